The molecule has 0 radical (unpaired) electrons. The van der Waals surface area contributed by atoms with Gasteiger partial charge in [-0.3, -0.25) is 19.4 Å². The van der Waals surface area contributed by atoms with Crippen LogP contribution in [0.2, 0.25) is 0 Å². The van der Waals surface area contributed by atoms with Gasteiger partial charge in [0.05, 0.1) is 30.3 Å². The van der Waals surface area contributed by atoms with Gasteiger partial charge in [0.15, 0.2) is 11.6 Å². The number of rotatable bonds is 9. The highest BCUT2D eigenvalue weighted by molar-refractivity contribution is 7.89. The Labute approximate surface area is 212 Å². The van der Waals surface area contributed by atoms with Crippen molar-refractivity contribution in [3.63, 3.8) is 0 Å². The Morgan fingerprint density at radius 3 is 2.08 bits per heavy atom. The van der Waals surface area contributed by atoms with Crippen molar-refractivity contribution < 1.29 is 27.9 Å². The second-order valence-corrected chi connectivity index (χ2v) is 11.4. The molecule has 0 spiro atoms. The molecule has 1 aromatic rings. The smallest absolute Gasteiger partial charge is 0.243 e. The summed E-state index contributed by atoms with van der Waals surface area (Å²) in [6.45, 7) is 7.53. The summed E-state index contributed by atoms with van der Waals surface area (Å²) < 4.78 is 32.3. The molecule has 0 amide bonds. The van der Waals surface area contributed by atoms with Crippen molar-refractivity contribution in [3.05, 3.63) is 41.6 Å². The molecule has 2 aliphatic heterocycles. The number of hydrogen-bond donors (Lipinski definition) is 2. The lowest BCUT2D eigenvalue weighted by molar-refractivity contribution is -0.124. The predicted molar refractivity (Wildman–Crippen MR) is 134 cm³/mol. The summed E-state index contributed by atoms with van der Waals surface area (Å²) in [4.78, 5) is 30.2. The second kappa shape index (κ2) is 12.4. The van der Waals surface area contributed by atoms with E-state index in [2.05, 4.69) is 15.1 Å². The van der Waals surface area contributed by atoms with Crippen LogP contribution in [-0.4, -0.2) is 118 Å². The summed E-state index contributed by atoms with van der Waals surface area (Å²) in [6.07, 6.45) is 2.00. The van der Waals surface area contributed by atoms with Crippen LogP contribution in [0.25, 0.3) is 0 Å². The van der Waals surface area contributed by atoms with Crippen molar-refractivity contribution in [3.8, 4) is 0 Å². The standard InChI is InChI=1S/C25H36N4O6S/c30-14-11-28-9-7-27(8-10-28)6-5-26-19-23-24(31)17-21(18-25(23)32)20-1-3-22(4-2-20)36(33,34)29-12-15-35-16-13-29/h1-4,19,21,26,30H,5-18H2. The average Bonchev–Trinajstić information content (AvgIpc) is 2.89. The van der Waals surface area contributed by atoms with Crippen molar-refractivity contribution in [1.29, 1.82) is 0 Å². The molecular formula is C25H36N4O6S. The SMILES string of the molecule is O=C1CC(c2ccc(S(=O)(=O)N3CCOCC3)cc2)CC(=O)C1=CNCCN1CCN(CCO)CC1. The number of benzene rings is 1. The Morgan fingerprint density at radius 2 is 1.50 bits per heavy atom. The normalized spacial score (nSPS) is 23.1. The first-order valence-corrected chi connectivity index (χ1v) is 14.1. The van der Waals surface area contributed by atoms with Gasteiger partial charge in [-0.05, 0) is 23.6 Å². The van der Waals surface area contributed by atoms with Gasteiger partial charge >= 0.3 is 0 Å². The minimum Gasteiger partial charge on any atom is -0.395 e. The number of Topliss-reactive ketones (excluding diaryl/α,β-unsaturated/α-hetero) is 2. The van der Waals surface area contributed by atoms with Gasteiger partial charge in [-0.25, -0.2) is 8.42 Å². The van der Waals surface area contributed by atoms with Gasteiger partial charge in [-0.2, -0.15) is 4.31 Å². The molecule has 1 saturated carbocycles. The maximum absolute atomic E-state index is 12.8. The maximum atomic E-state index is 12.8. The number of ketones is 2. The van der Waals surface area contributed by atoms with E-state index in [1.54, 1.807) is 30.5 Å². The third kappa shape index (κ3) is 6.58. The number of aliphatic hydroxyl groups is 1. The lowest BCUT2D eigenvalue weighted by Gasteiger charge is -2.34. The van der Waals surface area contributed by atoms with Crippen LogP contribution >= 0.6 is 0 Å². The number of hydrogen-bond acceptors (Lipinski definition) is 9. The van der Waals surface area contributed by atoms with E-state index in [4.69, 9.17) is 9.84 Å². The number of β-amino-alcohol motifs (C(OH)–C–C–N with tert-alkyl or cyclic N) is 1. The van der Waals surface area contributed by atoms with Gasteiger partial charge in [0.1, 0.15) is 0 Å². The summed E-state index contributed by atoms with van der Waals surface area (Å²) in [7, 11) is -3.58. The number of morpholine rings is 1. The van der Waals surface area contributed by atoms with Crippen LogP contribution in [0.5, 0.6) is 0 Å². The van der Waals surface area contributed by atoms with Crippen molar-refractivity contribution in [2.75, 3.05) is 78.7 Å². The van der Waals surface area contributed by atoms with Crippen LogP contribution in [0, 0.1) is 0 Å². The molecule has 0 atom stereocenters. The minimum atomic E-state index is -3.58. The Morgan fingerprint density at radius 1 is 0.917 bits per heavy atom. The fraction of sp³-hybridized carbons (Fsp3) is 0.600. The largest absolute Gasteiger partial charge is 0.395 e. The Bertz CT molecular complexity index is 1020. The van der Waals surface area contributed by atoms with Crippen LogP contribution in [-0.2, 0) is 24.3 Å². The number of carbonyl (C=O) groups is 2. The molecule has 0 unspecified atom stereocenters. The Balaban J connectivity index is 1.27. The minimum absolute atomic E-state index is 0.181. The number of allylic oxidation sites excluding steroid dienone is 1. The molecule has 198 valence electrons. The lowest BCUT2D eigenvalue weighted by Crippen LogP contribution is -2.48. The van der Waals surface area contributed by atoms with Crippen molar-refractivity contribution in [2.24, 2.45) is 0 Å². The van der Waals surface area contributed by atoms with Gasteiger partial charge in [0.2, 0.25) is 10.0 Å². The van der Waals surface area contributed by atoms with E-state index in [0.29, 0.717) is 39.4 Å². The van der Waals surface area contributed by atoms with E-state index in [1.165, 1.54) is 4.31 Å². The fourth-order valence-corrected chi connectivity index (χ4v) is 6.32. The number of nitrogens with zero attached hydrogens (tertiary/aromatic N) is 3. The van der Waals surface area contributed by atoms with Crippen LogP contribution in [0.3, 0.4) is 0 Å². The second-order valence-electron chi connectivity index (χ2n) is 9.46. The van der Waals surface area contributed by atoms with Crippen molar-refractivity contribution >= 4 is 21.6 Å². The predicted octanol–water partition coefficient (Wildman–Crippen LogP) is -0.193. The van der Waals surface area contributed by atoms with Crippen molar-refractivity contribution in [1.82, 2.24) is 19.4 Å². The van der Waals surface area contributed by atoms with E-state index in [9.17, 15) is 18.0 Å². The van der Waals surface area contributed by atoms with E-state index in [1.807, 2.05) is 0 Å². The summed E-state index contributed by atoms with van der Waals surface area (Å²) in [5.41, 5.74) is 1.01. The zero-order valence-electron chi connectivity index (χ0n) is 20.6. The summed E-state index contributed by atoms with van der Waals surface area (Å²) in [5, 5.41) is 12.2. The van der Waals surface area contributed by atoms with Crippen LogP contribution in [0.15, 0.2) is 40.9 Å². The first kappa shape index (κ1) is 26.9. The molecule has 2 N–H and O–H groups in total. The highest BCUT2D eigenvalue weighted by Gasteiger charge is 2.32. The summed E-state index contributed by atoms with van der Waals surface area (Å²) in [6, 6.07) is 6.55. The molecular weight excluding hydrogens is 484 g/mol. The van der Waals surface area contributed by atoms with E-state index in [0.717, 1.165) is 38.3 Å². The number of piperazine rings is 1. The molecule has 0 aromatic heterocycles. The number of aliphatic hydroxyl groups excluding tert-OH is 1. The van der Waals surface area contributed by atoms with Gasteiger partial charge in [0, 0.05) is 77.9 Å². The molecule has 0 bridgehead atoms. The molecule has 2 heterocycles. The number of nitrogens with one attached hydrogen (secondary N) is 1. The van der Waals surface area contributed by atoms with E-state index in [-0.39, 0.29) is 47.4 Å². The van der Waals surface area contributed by atoms with Crippen LogP contribution < -0.4 is 5.32 Å². The summed E-state index contributed by atoms with van der Waals surface area (Å²) in [5.74, 6) is -0.629. The Kier molecular flexibility index (Phi) is 9.26. The molecule has 11 heteroatoms. The van der Waals surface area contributed by atoms with Crippen LogP contribution in [0.4, 0.5) is 0 Å². The quantitative estimate of drug-likeness (QED) is 0.259. The van der Waals surface area contributed by atoms with Gasteiger partial charge in [0.25, 0.3) is 0 Å². The fourth-order valence-electron chi connectivity index (χ4n) is 4.91. The highest BCUT2D eigenvalue weighted by Crippen LogP contribution is 2.32. The van der Waals surface area contributed by atoms with Gasteiger partial charge in [-0.15, -0.1) is 0 Å². The summed E-state index contributed by atoms with van der Waals surface area (Å²) >= 11 is 0. The van der Waals surface area contributed by atoms with Gasteiger partial charge in [-0.1, -0.05) is 12.1 Å². The third-order valence-electron chi connectivity index (χ3n) is 7.12. The molecule has 3 aliphatic rings. The first-order valence-electron chi connectivity index (χ1n) is 12.6. The first-order chi connectivity index (χ1) is 17.4. The lowest BCUT2D eigenvalue weighted by atomic mass is 9.80. The van der Waals surface area contributed by atoms with Crippen LogP contribution in [0.1, 0.15) is 24.3 Å². The molecule has 2 saturated heterocycles. The molecule has 1 aromatic carbocycles. The maximum Gasteiger partial charge on any atom is 0.243 e. The van der Waals surface area contributed by atoms with Gasteiger partial charge < -0.3 is 15.2 Å². The molecule has 3 fully saturated rings. The van der Waals surface area contributed by atoms with Crippen molar-refractivity contribution in [2.45, 2.75) is 23.7 Å². The monoisotopic (exact) mass is 520 g/mol. The number of ether oxygens (including phenoxy) is 1. The average molecular weight is 521 g/mol. The zero-order chi connectivity index (χ0) is 25.5. The Hall–Kier alpha value is -2.15. The number of carbonyl (C=O) groups excluding carboxylic acids is 2. The zero-order valence-corrected chi connectivity index (χ0v) is 21.4. The molecule has 36 heavy (non-hydrogen) atoms. The molecule has 10 nitrogen and oxygen atoms in total. The molecule has 1 aliphatic carbocycles. The number of sulfonamides is 1. The third-order valence-corrected chi connectivity index (χ3v) is 9.04. The molecule has 4 rings (SSSR count). The van der Waals surface area contributed by atoms with E-state index < -0.39 is 10.0 Å². The topological polar surface area (TPSA) is 119 Å². The van der Waals surface area contributed by atoms with E-state index >= 15 is 0 Å². The highest BCUT2D eigenvalue weighted by atomic mass is 32.2.